The van der Waals surface area contributed by atoms with Crippen LogP contribution < -0.4 is 4.90 Å². The number of aliphatic carboxylic acids is 1. The highest BCUT2D eigenvalue weighted by molar-refractivity contribution is 5.78. The normalized spacial score (nSPS) is 27.2. The minimum Gasteiger partial charge on any atom is -0.481 e. The Balaban J connectivity index is 2.03. The van der Waals surface area contributed by atoms with Crippen molar-refractivity contribution in [1.82, 2.24) is 9.78 Å². The summed E-state index contributed by atoms with van der Waals surface area (Å²) in [4.78, 5) is 24.6. The SMILES string of the molecule is CCn1nc(C)c([N+](=O)[O-])c1N1C[C@@H]2CCC[C@@]2(C(=O)O)C1. The highest BCUT2D eigenvalue weighted by Gasteiger charge is 2.56. The Morgan fingerprint density at radius 1 is 1.59 bits per heavy atom. The minimum absolute atomic E-state index is 0.00219. The average Bonchev–Trinajstić information content (AvgIpc) is 3.07. The summed E-state index contributed by atoms with van der Waals surface area (Å²) in [6, 6.07) is 0. The number of hydrogen-bond acceptors (Lipinski definition) is 5. The quantitative estimate of drug-likeness (QED) is 0.672. The van der Waals surface area contributed by atoms with Gasteiger partial charge in [0, 0.05) is 19.6 Å². The van der Waals surface area contributed by atoms with Crippen molar-refractivity contribution in [2.75, 3.05) is 18.0 Å². The van der Waals surface area contributed by atoms with Crippen LogP contribution in [0.15, 0.2) is 0 Å². The second kappa shape index (κ2) is 4.96. The summed E-state index contributed by atoms with van der Waals surface area (Å²) in [5.74, 6) is -0.260. The van der Waals surface area contributed by atoms with E-state index in [1.54, 1.807) is 11.6 Å². The van der Waals surface area contributed by atoms with Crippen molar-refractivity contribution in [2.24, 2.45) is 11.3 Å². The van der Waals surface area contributed by atoms with Gasteiger partial charge in [-0.1, -0.05) is 6.42 Å². The fourth-order valence-corrected chi connectivity index (χ4v) is 4.11. The van der Waals surface area contributed by atoms with Crippen LogP contribution in [-0.2, 0) is 11.3 Å². The number of carbonyl (C=O) groups is 1. The molecule has 1 aromatic heterocycles. The van der Waals surface area contributed by atoms with Gasteiger partial charge in [0.2, 0.25) is 5.82 Å². The zero-order chi connectivity index (χ0) is 16.1. The Morgan fingerprint density at radius 2 is 2.32 bits per heavy atom. The molecule has 8 nitrogen and oxygen atoms in total. The summed E-state index contributed by atoms with van der Waals surface area (Å²) in [5, 5.41) is 25.3. The first-order valence-electron chi connectivity index (χ1n) is 7.61. The topological polar surface area (TPSA) is 101 Å². The third-order valence-electron chi connectivity index (χ3n) is 5.15. The summed E-state index contributed by atoms with van der Waals surface area (Å²) >= 11 is 0. The summed E-state index contributed by atoms with van der Waals surface area (Å²) in [6.45, 7) is 4.91. The van der Waals surface area contributed by atoms with Crippen molar-refractivity contribution in [2.45, 2.75) is 39.7 Å². The summed E-state index contributed by atoms with van der Waals surface area (Å²) in [6.07, 6.45) is 2.44. The molecule has 120 valence electrons. The van der Waals surface area contributed by atoms with Gasteiger partial charge < -0.3 is 10.0 Å². The van der Waals surface area contributed by atoms with Crippen LogP contribution in [0.5, 0.6) is 0 Å². The number of fused-ring (bicyclic) bond motifs is 1. The van der Waals surface area contributed by atoms with Crippen LogP contribution in [0, 0.1) is 28.4 Å². The molecule has 0 amide bonds. The van der Waals surface area contributed by atoms with Crippen LogP contribution in [0.3, 0.4) is 0 Å². The highest BCUT2D eigenvalue weighted by Crippen LogP contribution is 2.51. The third-order valence-corrected chi connectivity index (χ3v) is 5.15. The molecule has 1 aliphatic carbocycles. The lowest BCUT2D eigenvalue weighted by atomic mass is 9.81. The fraction of sp³-hybridized carbons (Fsp3) is 0.714. The van der Waals surface area contributed by atoms with Gasteiger partial charge in [-0.3, -0.25) is 14.9 Å². The molecule has 0 spiro atoms. The maximum atomic E-state index is 11.8. The number of carboxylic acid groups (broad SMARTS) is 1. The lowest BCUT2D eigenvalue weighted by molar-refractivity contribution is -0.384. The van der Waals surface area contributed by atoms with E-state index >= 15 is 0 Å². The molecule has 3 rings (SSSR count). The molecule has 0 unspecified atom stereocenters. The van der Waals surface area contributed by atoms with Gasteiger partial charge in [-0.2, -0.15) is 5.10 Å². The predicted octanol–water partition coefficient (Wildman–Crippen LogP) is 1.81. The van der Waals surface area contributed by atoms with Gasteiger partial charge in [0.25, 0.3) is 0 Å². The van der Waals surface area contributed by atoms with Gasteiger partial charge in [-0.05, 0) is 32.6 Å². The first-order chi connectivity index (χ1) is 10.4. The van der Waals surface area contributed by atoms with Crippen molar-refractivity contribution in [3.63, 3.8) is 0 Å². The minimum atomic E-state index is -0.778. The molecule has 1 N–H and O–H groups in total. The Kier molecular flexibility index (Phi) is 3.34. The predicted molar refractivity (Wildman–Crippen MR) is 78.9 cm³/mol. The van der Waals surface area contributed by atoms with E-state index in [2.05, 4.69) is 5.10 Å². The Labute approximate surface area is 127 Å². The number of rotatable bonds is 4. The van der Waals surface area contributed by atoms with E-state index < -0.39 is 16.3 Å². The molecule has 1 saturated heterocycles. The van der Waals surface area contributed by atoms with E-state index in [4.69, 9.17) is 0 Å². The Morgan fingerprint density at radius 3 is 2.86 bits per heavy atom. The van der Waals surface area contributed by atoms with Crippen molar-refractivity contribution in [3.05, 3.63) is 15.8 Å². The molecule has 0 radical (unpaired) electrons. The molecule has 0 bridgehead atoms. The molecular formula is C14H20N4O4. The lowest BCUT2D eigenvalue weighted by Crippen LogP contribution is -2.36. The van der Waals surface area contributed by atoms with E-state index in [1.165, 1.54) is 0 Å². The van der Waals surface area contributed by atoms with Gasteiger partial charge in [-0.25, -0.2) is 4.68 Å². The van der Waals surface area contributed by atoms with E-state index in [9.17, 15) is 20.0 Å². The summed E-state index contributed by atoms with van der Waals surface area (Å²) in [7, 11) is 0. The monoisotopic (exact) mass is 308 g/mol. The molecule has 1 aliphatic heterocycles. The number of aryl methyl sites for hydroxylation is 2. The molecule has 2 heterocycles. The first-order valence-corrected chi connectivity index (χ1v) is 7.61. The smallest absolute Gasteiger partial charge is 0.333 e. The first kappa shape index (κ1) is 14.8. The van der Waals surface area contributed by atoms with E-state index in [1.807, 2.05) is 11.8 Å². The molecule has 0 aromatic carbocycles. The molecule has 22 heavy (non-hydrogen) atoms. The molecule has 1 aromatic rings. The van der Waals surface area contributed by atoms with Gasteiger partial charge in [0.05, 0.1) is 10.3 Å². The summed E-state index contributed by atoms with van der Waals surface area (Å²) < 4.78 is 1.62. The van der Waals surface area contributed by atoms with Crippen LogP contribution >= 0.6 is 0 Å². The molecule has 1 saturated carbocycles. The summed E-state index contributed by atoms with van der Waals surface area (Å²) in [5.41, 5.74) is -0.379. The van der Waals surface area contributed by atoms with E-state index in [0.29, 0.717) is 37.6 Å². The average molecular weight is 308 g/mol. The zero-order valence-corrected chi connectivity index (χ0v) is 12.8. The highest BCUT2D eigenvalue weighted by atomic mass is 16.6. The largest absolute Gasteiger partial charge is 0.481 e. The number of carboxylic acids is 1. The van der Waals surface area contributed by atoms with Crippen LogP contribution in [0.4, 0.5) is 11.5 Å². The molecule has 2 atom stereocenters. The van der Waals surface area contributed by atoms with Crippen LogP contribution in [0.1, 0.15) is 31.9 Å². The second-order valence-corrected chi connectivity index (χ2v) is 6.26. The van der Waals surface area contributed by atoms with Crippen LogP contribution in [-0.4, -0.2) is 38.9 Å². The lowest BCUT2D eigenvalue weighted by Gasteiger charge is -2.24. The van der Waals surface area contributed by atoms with E-state index in [0.717, 1.165) is 12.8 Å². The van der Waals surface area contributed by atoms with Crippen molar-refractivity contribution in [3.8, 4) is 0 Å². The molecule has 2 fully saturated rings. The van der Waals surface area contributed by atoms with Gasteiger partial charge in [0.15, 0.2) is 0 Å². The van der Waals surface area contributed by atoms with Crippen LogP contribution in [0.2, 0.25) is 0 Å². The molecular weight excluding hydrogens is 288 g/mol. The number of hydrogen-bond donors (Lipinski definition) is 1. The van der Waals surface area contributed by atoms with Crippen molar-refractivity contribution < 1.29 is 14.8 Å². The zero-order valence-electron chi connectivity index (χ0n) is 12.8. The third kappa shape index (κ3) is 1.89. The number of nitro groups is 1. The fourth-order valence-electron chi connectivity index (χ4n) is 4.11. The number of anilines is 1. The van der Waals surface area contributed by atoms with Crippen LogP contribution in [0.25, 0.3) is 0 Å². The van der Waals surface area contributed by atoms with Crippen molar-refractivity contribution in [1.29, 1.82) is 0 Å². The number of nitrogens with zero attached hydrogens (tertiary/aromatic N) is 4. The van der Waals surface area contributed by atoms with E-state index in [-0.39, 0.29) is 11.6 Å². The molecule has 8 heteroatoms. The van der Waals surface area contributed by atoms with Crippen molar-refractivity contribution >= 4 is 17.5 Å². The van der Waals surface area contributed by atoms with Gasteiger partial charge in [0.1, 0.15) is 5.69 Å². The maximum Gasteiger partial charge on any atom is 0.333 e. The van der Waals surface area contributed by atoms with Gasteiger partial charge in [-0.15, -0.1) is 0 Å². The number of aromatic nitrogens is 2. The standard InChI is InChI=1S/C14H20N4O4/c1-3-17-12(11(18(21)22)9(2)15-17)16-7-10-5-4-6-14(10,8-16)13(19)20/h10H,3-8H2,1-2H3,(H,19,20)/t10-,14+/m0/s1. The van der Waals surface area contributed by atoms with Gasteiger partial charge >= 0.3 is 11.7 Å². The Hall–Kier alpha value is -2.12. The maximum absolute atomic E-state index is 11.8. The molecule has 2 aliphatic rings. The second-order valence-electron chi connectivity index (χ2n) is 6.26. The Bertz CT molecular complexity index is 641.